The van der Waals surface area contributed by atoms with Crippen LogP contribution in [0.1, 0.15) is 219 Å². The Morgan fingerprint density at radius 3 is 1.28 bits per heavy atom. The molecule has 0 aromatic rings. The van der Waals surface area contributed by atoms with Gasteiger partial charge in [-0.3, -0.25) is 4.79 Å². The Hall–Kier alpha value is -1.91. The maximum atomic E-state index is 12.2. The summed E-state index contributed by atoms with van der Waals surface area (Å²) in [5, 5.41) is 9.61. The number of hydrogen-bond acceptors (Lipinski definition) is 4. The normalized spacial score (nSPS) is 12.9. The number of aliphatic hydroxyl groups is 1. The average Bonchev–Trinajstić information content (AvgIpc) is 3.16. The first kappa shape index (κ1) is 51.1. The molecular weight excluding hydrogens is 653 g/mol. The third kappa shape index (κ3) is 44.4. The van der Waals surface area contributed by atoms with E-state index in [0.717, 1.165) is 57.8 Å². The number of hydrogen-bond donors (Lipinski definition) is 1. The minimum absolute atomic E-state index is 0.180. The van der Waals surface area contributed by atoms with Crippen molar-refractivity contribution in [2.24, 2.45) is 0 Å². The standard InChI is InChI=1S/C49H88O4/c1-3-5-7-9-11-13-15-17-19-20-21-22-23-24-25-26-27-28-29-31-33-35-37-39-41-43-45-52-47-48(46-50)53-49(51)44-42-40-38-36-34-32-30-18-16-14-12-10-8-6-4-2/h6,8,12,14-15,17-18,20-21,30,48,50H,3-5,7,9-11,13,16,19,22-29,31-47H2,1-2H3/b8-6-,14-12-,17-15-,21-20-,30-18-. The fourth-order valence-electron chi connectivity index (χ4n) is 6.43. The zero-order valence-electron chi connectivity index (χ0n) is 35.3. The van der Waals surface area contributed by atoms with Gasteiger partial charge in [-0.1, -0.05) is 197 Å². The zero-order valence-corrected chi connectivity index (χ0v) is 35.3. The van der Waals surface area contributed by atoms with Crippen LogP contribution in [0, 0.1) is 0 Å². The van der Waals surface area contributed by atoms with Crippen LogP contribution in [-0.2, 0) is 14.3 Å². The number of esters is 1. The van der Waals surface area contributed by atoms with Crippen molar-refractivity contribution >= 4 is 5.97 Å². The van der Waals surface area contributed by atoms with E-state index in [0.29, 0.717) is 13.0 Å². The van der Waals surface area contributed by atoms with Crippen molar-refractivity contribution in [2.45, 2.75) is 225 Å². The first-order valence-electron chi connectivity index (χ1n) is 22.9. The molecule has 0 bridgehead atoms. The Balaban J connectivity index is 3.41. The first-order chi connectivity index (χ1) is 26.2. The largest absolute Gasteiger partial charge is 0.457 e. The van der Waals surface area contributed by atoms with Crippen molar-refractivity contribution in [1.29, 1.82) is 0 Å². The Labute approximate surface area is 330 Å². The van der Waals surface area contributed by atoms with Crippen LogP contribution in [-0.4, -0.2) is 37.0 Å². The highest BCUT2D eigenvalue weighted by Gasteiger charge is 2.13. The Morgan fingerprint density at radius 1 is 0.472 bits per heavy atom. The molecule has 1 N–H and O–H groups in total. The van der Waals surface area contributed by atoms with E-state index in [1.807, 2.05) is 0 Å². The lowest BCUT2D eigenvalue weighted by atomic mass is 10.0. The van der Waals surface area contributed by atoms with E-state index >= 15 is 0 Å². The van der Waals surface area contributed by atoms with Crippen molar-refractivity contribution in [3.05, 3.63) is 60.8 Å². The maximum Gasteiger partial charge on any atom is 0.306 e. The Bertz CT molecular complexity index is 870. The second-order valence-electron chi connectivity index (χ2n) is 15.1. The lowest BCUT2D eigenvalue weighted by Gasteiger charge is -2.15. The van der Waals surface area contributed by atoms with E-state index in [9.17, 15) is 9.90 Å². The second-order valence-corrected chi connectivity index (χ2v) is 15.1. The number of ether oxygens (including phenoxy) is 2. The molecule has 0 aliphatic carbocycles. The molecule has 0 radical (unpaired) electrons. The van der Waals surface area contributed by atoms with Crippen LogP contribution in [0.4, 0.5) is 0 Å². The Morgan fingerprint density at radius 2 is 0.849 bits per heavy atom. The molecule has 0 heterocycles. The number of carbonyl (C=O) groups excluding carboxylic acids is 1. The van der Waals surface area contributed by atoms with Crippen LogP contribution < -0.4 is 0 Å². The van der Waals surface area contributed by atoms with Crippen LogP contribution in [0.15, 0.2) is 60.8 Å². The van der Waals surface area contributed by atoms with Gasteiger partial charge in [0.15, 0.2) is 0 Å². The monoisotopic (exact) mass is 741 g/mol. The number of allylic oxidation sites excluding steroid dienone is 10. The van der Waals surface area contributed by atoms with Crippen LogP contribution in [0.3, 0.4) is 0 Å². The predicted molar refractivity (Wildman–Crippen MR) is 233 cm³/mol. The number of rotatable bonds is 42. The lowest BCUT2D eigenvalue weighted by molar-refractivity contribution is -0.154. The highest BCUT2D eigenvalue weighted by atomic mass is 16.6. The second kappa shape index (κ2) is 46.2. The van der Waals surface area contributed by atoms with Gasteiger partial charge in [-0.25, -0.2) is 0 Å². The van der Waals surface area contributed by atoms with Gasteiger partial charge < -0.3 is 14.6 Å². The Kier molecular flexibility index (Phi) is 44.6. The third-order valence-corrected chi connectivity index (χ3v) is 9.83. The van der Waals surface area contributed by atoms with Crippen LogP contribution in [0.5, 0.6) is 0 Å². The minimum Gasteiger partial charge on any atom is -0.457 e. The molecule has 0 rings (SSSR count). The minimum atomic E-state index is -0.545. The lowest BCUT2D eigenvalue weighted by Crippen LogP contribution is -2.27. The summed E-state index contributed by atoms with van der Waals surface area (Å²) in [7, 11) is 0. The van der Waals surface area contributed by atoms with E-state index < -0.39 is 6.10 Å². The average molecular weight is 741 g/mol. The van der Waals surface area contributed by atoms with Gasteiger partial charge in [0.2, 0.25) is 0 Å². The molecule has 53 heavy (non-hydrogen) atoms. The molecule has 0 spiro atoms. The molecule has 1 unspecified atom stereocenters. The van der Waals surface area contributed by atoms with Crippen molar-refractivity contribution in [3.8, 4) is 0 Å². The number of aliphatic hydroxyl groups excluding tert-OH is 1. The summed E-state index contributed by atoms with van der Waals surface area (Å²) in [5.41, 5.74) is 0. The summed E-state index contributed by atoms with van der Waals surface area (Å²) >= 11 is 0. The molecule has 0 aromatic heterocycles. The van der Waals surface area contributed by atoms with Crippen molar-refractivity contribution < 1.29 is 19.4 Å². The van der Waals surface area contributed by atoms with E-state index in [2.05, 4.69) is 74.6 Å². The molecule has 0 aliphatic rings. The molecule has 0 amide bonds. The van der Waals surface area contributed by atoms with E-state index in [4.69, 9.17) is 9.47 Å². The van der Waals surface area contributed by atoms with Gasteiger partial charge in [-0.2, -0.15) is 0 Å². The summed E-state index contributed by atoms with van der Waals surface area (Å²) in [5.74, 6) is -0.217. The van der Waals surface area contributed by atoms with Gasteiger partial charge in [0.25, 0.3) is 0 Å². The highest BCUT2D eigenvalue weighted by molar-refractivity contribution is 5.69. The predicted octanol–water partition coefficient (Wildman–Crippen LogP) is 15.2. The summed E-state index contributed by atoms with van der Waals surface area (Å²) in [4.78, 5) is 12.2. The third-order valence-electron chi connectivity index (χ3n) is 9.83. The van der Waals surface area contributed by atoms with Gasteiger partial charge in [0.05, 0.1) is 13.2 Å². The van der Waals surface area contributed by atoms with Gasteiger partial charge in [0, 0.05) is 13.0 Å². The molecule has 0 aliphatic heterocycles. The van der Waals surface area contributed by atoms with Crippen LogP contribution >= 0.6 is 0 Å². The quantitative estimate of drug-likeness (QED) is 0.0385. The zero-order chi connectivity index (χ0) is 38.4. The first-order valence-corrected chi connectivity index (χ1v) is 22.9. The summed E-state index contributed by atoms with van der Waals surface area (Å²) in [6.07, 6.45) is 61.5. The molecule has 4 nitrogen and oxygen atoms in total. The molecule has 308 valence electrons. The molecule has 0 fully saturated rings. The highest BCUT2D eigenvalue weighted by Crippen LogP contribution is 2.14. The van der Waals surface area contributed by atoms with Crippen molar-refractivity contribution in [1.82, 2.24) is 0 Å². The van der Waals surface area contributed by atoms with Crippen LogP contribution in [0.2, 0.25) is 0 Å². The van der Waals surface area contributed by atoms with Crippen molar-refractivity contribution in [3.63, 3.8) is 0 Å². The molecule has 0 saturated carbocycles. The number of carbonyl (C=O) groups is 1. The van der Waals surface area contributed by atoms with Gasteiger partial charge in [-0.15, -0.1) is 0 Å². The molecule has 0 aromatic carbocycles. The van der Waals surface area contributed by atoms with Gasteiger partial charge >= 0.3 is 5.97 Å². The van der Waals surface area contributed by atoms with Gasteiger partial charge in [-0.05, 0) is 77.0 Å². The van der Waals surface area contributed by atoms with Gasteiger partial charge in [0.1, 0.15) is 6.10 Å². The fourth-order valence-corrected chi connectivity index (χ4v) is 6.43. The van der Waals surface area contributed by atoms with E-state index in [1.165, 1.54) is 141 Å². The summed E-state index contributed by atoms with van der Waals surface area (Å²) in [6.45, 7) is 5.21. The molecule has 0 saturated heterocycles. The molecular formula is C49H88O4. The summed E-state index contributed by atoms with van der Waals surface area (Å²) in [6, 6.07) is 0. The fraction of sp³-hybridized carbons (Fsp3) is 0.776. The molecule has 4 heteroatoms. The number of unbranched alkanes of at least 4 members (excludes halogenated alkanes) is 24. The smallest absolute Gasteiger partial charge is 0.306 e. The SMILES string of the molecule is CC/C=C\C/C=C\C/C=C\CCCCCCCC(=O)OC(CO)COCCCCCCCCCCCCCCCC/C=C\C/C=C\CCCCCCC. The van der Waals surface area contributed by atoms with Crippen molar-refractivity contribution in [2.75, 3.05) is 19.8 Å². The van der Waals surface area contributed by atoms with Crippen LogP contribution in [0.25, 0.3) is 0 Å². The van der Waals surface area contributed by atoms with E-state index in [1.54, 1.807) is 0 Å². The van der Waals surface area contributed by atoms with E-state index in [-0.39, 0.29) is 19.2 Å². The maximum absolute atomic E-state index is 12.2. The topological polar surface area (TPSA) is 55.8 Å². The summed E-state index contributed by atoms with van der Waals surface area (Å²) < 4.78 is 11.2. The molecule has 1 atom stereocenters.